The molecule has 0 aliphatic heterocycles. The van der Waals surface area contributed by atoms with Gasteiger partial charge in [-0.15, -0.1) is 0 Å². The smallest absolute Gasteiger partial charge is 0.119 e. The van der Waals surface area contributed by atoms with E-state index in [4.69, 9.17) is 9.47 Å². The van der Waals surface area contributed by atoms with Gasteiger partial charge in [0, 0.05) is 12.1 Å². The van der Waals surface area contributed by atoms with Crippen molar-refractivity contribution in [3.8, 4) is 11.5 Å². The van der Waals surface area contributed by atoms with Gasteiger partial charge in [-0.05, 0) is 49.2 Å². The highest BCUT2D eigenvalue weighted by molar-refractivity contribution is 5.31. The van der Waals surface area contributed by atoms with Gasteiger partial charge in [-0.25, -0.2) is 0 Å². The van der Waals surface area contributed by atoms with Crippen LogP contribution in [-0.4, -0.2) is 14.2 Å². The molecule has 2 aromatic rings. The van der Waals surface area contributed by atoms with Gasteiger partial charge in [-0.2, -0.15) is 0 Å². The Morgan fingerprint density at radius 1 is 0.762 bits per heavy atom. The number of methoxy groups -OCH3 is 2. The van der Waals surface area contributed by atoms with E-state index < -0.39 is 0 Å². The van der Waals surface area contributed by atoms with E-state index in [0.717, 1.165) is 11.5 Å². The Kier molecular flexibility index (Phi) is 5.23. The highest BCUT2D eigenvalue weighted by atomic mass is 16.5. The van der Waals surface area contributed by atoms with E-state index >= 15 is 0 Å². The molecule has 1 N–H and O–H groups in total. The summed E-state index contributed by atoms with van der Waals surface area (Å²) in [4.78, 5) is 0. The highest BCUT2D eigenvalue weighted by Gasteiger charge is 2.11. The van der Waals surface area contributed by atoms with Crippen molar-refractivity contribution < 1.29 is 9.47 Å². The number of ether oxygens (including phenoxy) is 2. The molecule has 2 atom stereocenters. The van der Waals surface area contributed by atoms with Gasteiger partial charge in [-0.3, -0.25) is 0 Å². The van der Waals surface area contributed by atoms with Gasteiger partial charge < -0.3 is 14.8 Å². The van der Waals surface area contributed by atoms with Crippen molar-refractivity contribution in [1.82, 2.24) is 5.32 Å². The van der Waals surface area contributed by atoms with Crippen molar-refractivity contribution in [2.75, 3.05) is 14.2 Å². The summed E-state index contributed by atoms with van der Waals surface area (Å²) in [6, 6.07) is 16.8. The van der Waals surface area contributed by atoms with Gasteiger partial charge in [0.25, 0.3) is 0 Å². The molecule has 0 aliphatic rings. The molecule has 3 heteroatoms. The van der Waals surface area contributed by atoms with Gasteiger partial charge in [0.05, 0.1) is 14.2 Å². The number of hydrogen-bond donors (Lipinski definition) is 1. The van der Waals surface area contributed by atoms with Crippen LogP contribution in [-0.2, 0) is 0 Å². The zero-order valence-corrected chi connectivity index (χ0v) is 13.1. The Morgan fingerprint density at radius 2 is 1.38 bits per heavy atom. The van der Waals surface area contributed by atoms with E-state index in [2.05, 4.69) is 43.4 Å². The summed E-state index contributed by atoms with van der Waals surface area (Å²) < 4.78 is 10.5. The molecule has 0 radical (unpaired) electrons. The summed E-state index contributed by atoms with van der Waals surface area (Å²) in [5.74, 6) is 1.77. The summed E-state index contributed by atoms with van der Waals surface area (Å²) in [7, 11) is 3.37. The number of rotatable bonds is 6. The van der Waals surface area contributed by atoms with Crippen molar-refractivity contribution in [1.29, 1.82) is 0 Å². The second-order valence-corrected chi connectivity index (χ2v) is 5.16. The average Bonchev–Trinajstić information content (AvgIpc) is 2.54. The lowest BCUT2D eigenvalue weighted by Gasteiger charge is -2.21. The summed E-state index contributed by atoms with van der Waals surface area (Å²) in [6.45, 7) is 4.33. The van der Waals surface area contributed by atoms with E-state index in [-0.39, 0.29) is 12.1 Å². The van der Waals surface area contributed by atoms with Crippen LogP contribution in [0.25, 0.3) is 0 Å². The molecule has 3 nitrogen and oxygen atoms in total. The molecule has 0 fully saturated rings. The molecule has 0 unspecified atom stereocenters. The van der Waals surface area contributed by atoms with Gasteiger partial charge >= 0.3 is 0 Å². The van der Waals surface area contributed by atoms with Crippen molar-refractivity contribution >= 4 is 0 Å². The van der Waals surface area contributed by atoms with E-state index in [9.17, 15) is 0 Å². The maximum absolute atomic E-state index is 5.28. The van der Waals surface area contributed by atoms with Crippen LogP contribution in [0.5, 0.6) is 11.5 Å². The molecule has 2 aromatic carbocycles. The fourth-order valence-corrected chi connectivity index (χ4v) is 2.37. The molecule has 21 heavy (non-hydrogen) atoms. The second-order valence-electron chi connectivity index (χ2n) is 5.16. The van der Waals surface area contributed by atoms with Gasteiger partial charge in [-0.1, -0.05) is 24.3 Å². The first-order valence-electron chi connectivity index (χ1n) is 7.18. The van der Waals surface area contributed by atoms with Crippen molar-refractivity contribution in [3.05, 3.63) is 59.7 Å². The Hall–Kier alpha value is -2.00. The third kappa shape index (κ3) is 3.99. The van der Waals surface area contributed by atoms with E-state index in [1.165, 1.54) is 11.1 Å². The monoisotopic (exact) mass is 285 g/mol. The lowest BCUT2D eigenvalue weighted by atomic mass is 10.0. The molecule has 0 saturated heterocycles. The summed E-state index contributed by atoms with van der Waals surface area (Å²) in [5, 5.41) is 3.60. The first kappa shape index (κ1) is 15.4. The van der Waals surface area contributed by atoms with Crippen molar-refractivity contribution in [2.24, 2.45) is 0 Å². The first-order chi connectivity index (χ1) is 10.1. The summed E-state index contributed by atoms with van der Waals surface area (Å²) in [6.07, 6.45) is 0. The maximum atomic E-state index is 5.28. The van der Waals surface area contributed by atoms with E-state index in [1.54, 1.807) is 14.2 Å². The molecule has 0 aromatic heterocycles. The maximum Gasteiger partial charge on any atom is 0.119 e. The van der Waals surface area contributed by atoms with Crippen LogP contribution in [0.4, 0.5) is 0 Å². The number of benzene rings is 2. The second kappa shape index (κ2) is 7.14. The Bertz CT molecular complexity index is 566. The molecule has 0 aliphatic carbocycles. The van der Waals surface area contributed by atoms with Crippen LogP contribution in [0.1, 0.15) is 37.1 Å². The normalized spacial score (nSPS) is 13.5. The molecular weight excluding hydrogens is 262 g/mol. The van der Waals surface area contributed by atoms with Crippen LogP contribution in [0, 0.1) is 0 Å². The van der Waals surface area contributed by atoms with Crippen LogP contribution < -0.4 is 14.8 Å². The number of hydrogen-bond acceptors (Lipinski definition) is 3. The first-order valence-corrected chi connectivity index (χ1v) is 7.18. The zero-order chi connectivity index (χ0) is 15.2. The lowest BCUT2D eigenvalue weighted by Crippen LogP contribution is -2.22. The standard InChI is InChI=1S/C18H23NO2/c1-13(15-8-10-17(20-3)11-9-15)19-14(2)16-6-5-7-18(12-16)21-4/h5-14,19H,1-4H3/t13-,14-/m1/s1. The van der Waals surface area contributed by atoms with Gasteiger partial charge in [0.2, 0.25) is 0 Å². The minimum absolute atomic E-state index is 0.247. The molecule has 112 valence electrons. The van der Waals surface area contributed by atoms with Gasteiger partial charge in [0.1, 0.15) is 11.5 Å². The summed E-state index contributed by atoms with van der Waals surface area (Å²) in [5.41, 5.74) is 2.46. The van der Waals surface area contributed by atoms with Crippen molar-refractivity contribution in [2.45, 2.75) is 25.9 Å². The predicted octanol–water partition coefficient (Wildman–Crippen LogP) is 4.12. The van der Waals surface area contributed by atoms with E-state index in [1.807, 2.05) is 24.3 Å². The fourth-order valence-electron chi connectivity index (χ4n) is 2.37. The van der Waals surface area contributed by atoms with Crippen LogP contribution in [0.2, 0.25) is 0 Å². The lowest BCUT2D eigenvalue weighted by molar-refractivity contribution is 0.412. The van der Waals surface area contributed by atoms with Crippen LogP contribution in [0.3, 0.4) is 0 Å². The predicted molar refractivity (Wildman–Crippen MR) is 86.0 cm³/mol. The minimum atomic E-state index is 0.247. The number of nitrogens with one attached hydrogen (secondary N) is 1. The Labute approximate surface area is 126 Å². The zero-order valence-electron chi connectivity index (χ0n) is 13.1. The Morgan fingerprint density at radius 3 is 2.00 bits per heavy atom. The molecular formula is C18H23NO2. The summed E-state index contributed by atoms with van der Waals surface area (Å²) >= 11 is 0. The van der Waals surface area contributed by atoms with E-state index in [0.29, 0.717) is 0 Å². The van der Waals surface area contributed by atoms with Crippen LogP contribution >= 0.6 is 0 Å². The molecule has 0 amide bonds. The minimum Gasteiger partial charge on any atom is -0.497 e. The third-order valence-corrected chi connectivity index (χ3v) is 3.71. The molecule has 2 rings (SSSR count). The Balaban J connectivity index is 2.04. The third-order valence-electron chi connectivity index (χ3n) is 3.71. The molecule has 0 heterocycles. The van der Waals surface area contributed by atoms with Crippen molar-refractivity contribution in [3.63, 3.8) is 0 Å². The fraction of sp³-hybridized carbons (Fsp3) is 0.333. The average molecular weight is 285 g/mol. The largest absolute Gasteiger partial charge is 0.497 e. The van der Waals surface area contributed by atoms with Crippen LogP contribution in [0.15, 0.2) is 48.5 Å². The quantitative estimate of drug-likeness (QED) is 0.866. The SMILES string of the molecule is COc1ccc([C@@H](C)N[C@H](C)c2cccc(OC)c2)cc1. The van der Waals surface area contributed by atoms with Gasteiger partial charge in [0.15, 0.2) is 0 Å². The highest BCUT2D eigenvalue weighted by Crippen LogP contribution is 2.23. The molecule has 0 bridgehead atoms. The molecule has 0 saturated carbocycles. The molecule has 0 spiro atoms. The topological polar surface area (TPSA) is 30.5 Å².